The van der Waals surface area contributed by atoms with Crippen molar-refractivity contribution in [1.82, 2.24) is 19.7 Å². The molecule has 0 radical (unpaired) electrons. The van der Waals surface area contributed by atoms with Crippen molar-refractivity contribution in [2.45, 2.75) is 13.5 Å². The van der Waals surface area contributed by atoms with Crippen LogP contribution < -0.4 is 5.73 Å². The van der Waals surface area contributed by atoms with Crippen LogP contribution in [0, 0.1) is 12.7 Å². The monoisotopic (exact) mass is 247 g/mol. The quantitative estimate of drug-likeness (QED) is 0.741. The lowest BCUT2D eigenvalue weighted by Gasteiger charge is -2.03. The van der Waals surface area contributed by atoms with Gasteiger partial charge in [0.2, 0.25) is 12.3 Å². The van der Waals surface area contributed by atoms with Gasteiger partial charge in [-0.05, 0) is 18.6 Å². The fourth-order valence-electron chi connectivity index (χ4n) is 1.84. The number of halogens is 1. The van der Waals surface area contributed by atoms with Crippen LogP contribution in [0.15, 0.2) is 23.0 Å². The first kappa shape index (κ1) is 10.7. The summed E-state index contributed by atoms with van der Waals surface area (Å²) >= 11 is 0. The van der Waals surface area contributed by atoms with E-state index in [-0.39, 0.29) is 5.82 Å². The average molecular weight is 247 g/mol. The van der Waals surface area contributed by atoms with Crippen LogP contribution in [-0.2, 0) is 6.54 Å². The molecular weight excluding hydrogens is 237 g/mol. The van der Waals surface area contributed by atoms with E-state index >= 15 is 0 Å². The Balaban J connectivity index is 2.16. The van der Waals surface area contributed by atoms with Crippen molar-refractivity contribution in [3.63, 3.8) is 0 Å². The normalized spacial score (nSPS) is 11.2. The van der Waals surface area contributed by atoms with Crippen LogP contribution >= 0.6 is 0 Å². The van der Waals surface area contributed by atoms with Crippen LogP contribution in [0.25, 0.3) is 11.0 Å². The number of benzene rings is 1. The summed E-state index contributed by atoms with van der Waals surface area (Å²) in [4.78, 5) is 8.03. The molecule has 3 aromatic rings. The Kier molecular flexibility index (Phi) is 2.26. The Bertz CT molecular complexity index is 704. The third-order valence-corrected chi connectivity index (χ3v) is 2.76. The second kappa shape index (κ2) is 3.80. The molecule has 6 nitrogen and oxygen atoms in total. The highest BCUT2D eigenvalue weighted by molar-refractivity contribution is 5.79. The molecule has 2 N–H and O–H groups in total. The van der Waals surface area contributed by atoms with Gasteiger partial charge >= 0.3 is 0 Å². The van der Waals surface area contributed by atoms with Crippen LogP contribution in [0.4, 0.5) is 10.3 Å². The fourth-order valence-corrected chi connectivity index (χ4v) is 1.84. The summed E-state index contributed by atoms with van der Waals surface area (Å²) in [5.74, 6) is 0.481. The number of rotatable bonds is 2. The van der Waals surface area contributed by atoms with Gasteiger partial charge in [0, 0.05) is 6.07 Å². The molecule has 0 aliphatic carbocycles. The lowest BCUT2D eigenvalue weighted by Crippen LogP contribution is -2.05. The Morgan fingerprint density at radius 2 is 2.28 bits per heavy atom. The standard InChI is InChI=1S/C11H10FN5O/c1-6-2-9-8(3-7(6)12)15-11(13)17(9)4-10-14-5-18-16-10/h2-3,5H,4H2,1H3,(H2,13,15). The summed E-state index contributed by atoms with van der Waals surface area (Å²) in [5.41, 5.74) is 7.61. The van der Waals surface area contributed by atoms with Crippen molar-refractivity contribution in [3.05, 3.63) is 35.7 Å². The maximum atomic E-state index is 13.4. The molecule has 2 aromatic heterocycles. The lowest BCUT2D eigenvalue weighted by atomic mass is 10.2. The zero-order valence-electron chi connectivity index (χ0n) is 9.59. The highest BCUT2D eigenvalue weighted by atomic mass is 19.1. The second-order valence-corrected chi connectivity index (χ2v) is 3.99. The summed E-state index contributed by atoms with van der Waals surface area (Å²) in [6.07, 6.45) is 1.25. The van der Waals surface area contributed by atoms with Gasteiger partial charge in [-0.2, -0.15) is 4.98 Å². The molecule has 92 valence electrons. The highest BCUT2D eigenvalue weighted by Gasteiger charge is 2.12. The molecule has 1 aromatic carbocycles. The van der Waals surface area contributed by atoms with Gasteiger partial charge in [-0.1, -0.05) is 5.16 Å². The molecule has 0 saturated carbocycles. The minimum Gasteiger partial charge on any atom is -0.369 e. The van der Waals surface area contributed by atoms with Crippen LogP contribution in [0.3, 0.4) is 0 Å². The van der Waals surface area contributed by atoms with Crippen molar-refractivity contribution >= 4 is 17.0 Å². The van der Waals surface area contributed by atoms with Gasteiger partial charge in [0.1, 0.15) is 5.82 Å². The molecule has 0 spiro atoms. The zero-order chi connectivity index (χ0) is 12.7. The van der Waals surface area contributed by atoms with Crippen molar-refractivity contribution in [2.24, 2.45) is 0 Å². The number of hydrogen-bond acceptors (Lipinski definition) is 5. The van der Waals surface area contributed by atoms with Crippen molar-refractivity contribution in [2.75, 3.05) is 5.73 Å². The van der Waals surface area contributed by atoms with E-state index in [1.54, 1.807) is 17.6 Å². The molecular formula is C11H10FN5O. The van der Waals surface area contributed by atoms with E-state index in [1.807, 2.05) is 0 Å². The minimum atomic E-state index is -0.299. The molecule has 0 amide bonds. The predicted octanol–water partition coefficient (Wildman–Crippen LogP) is 1.50. The largest absolute Gasteiger partial charge is 0.369 e. The Morgan fingerprint density at radius 3 is 3.00 bits per heavy atom. The maximum Gasteiger partial charge on any atom is 0.213 e. The SMILES string of the molecule is Cc1cc2c(cc1F)nc(N)n2Cc1ncon1. The van der Waals surface area contributed by atoms with E-state index in [4.69, 9.17) is 5.73 Å². The smallest absolute Gasteiger partial charge is 0.213 e. The molecule has 7 heteroatoms. The van der Waals surface area contributed by atoms with Crippen LogP contribution in [0.2, 0.25) is 0 Å². The molecule has 0 bridgehead atoms. The van der Waals surface area contributed by atoms with Crippen LogP contribution in [0.5, 0.6) is 0 Å². The minimum absolute atomic E-state index is 0.291. The average Bonchev–Trinajstić information content (AvgIpc) is 2.92. The summed E-state index contributed by atoms with van der Waals surface area (Å²) in [5, 5.41) is 3.71. The van der Waals surface area contributed by atoms with Gasteiger partial charge in [-0.3, -0.25) is 0 Å². The first-order chi connectivity index (χ1) is 8.65. The van der Waals surface area contributed by atoms with Crippen molar-refractivity contribution in [1.29, 1.82) is 0 Å². The van der Waals surface area contributed by atoms with E-state index in [1.165, 1.54) is 12.5 Å². The molecule has 0 unspecified atom stereocenters. The van der Waals surface area contributed by atoms with E-state index in [0.29, 0.717) is 29.4 Å². The lowest BCUT2D eigenvalue weighted by molar-refractivity contribution is 0.408. The van der Waals surface area contributed by atoms with Gasteiger partial charge in [-0.15, -0.1) is 0 Å². The maximum absolute atomic E-state index is 13.4. The van der Waals surface area contributed by atoms with Crippen molar-refractivity contribution < 1.29 is 8.91 Å². The van der Waals surface area contributed by atoms with Gasteiger partial charge in [0.05, 0.1) is 17.6 Å². The third-order valence-electron chi connectivity index (χ3n) is 2.76. The topological polar surface area (TPSA) is 82.8 Å². The molecule has 0 aliphatic heterocycles. The molecule has 0 fully saturated rings. The number of nitrogens with two attached hydrogens (primary N) is 1. The zero-order valence-corrected chi connectivity index (χ0v) is 9.59. The van der Waals surface area contributed by atoms with Gasteiger partial charge in [0.15, 0.2) is 5.82 Å². The van der Waals surface area contributed by atoms with E-state index in [2.05, 4.69) is 19.6 Å². The van der Waals surface area contributed by atoms with Gasteiger partial charge in [-0.25, -0.2) is 9.37 Å². The first-order valence-electron chi connectivity index (χ1n) is 5.32. The Hall–Kier alpha value is -2.44. The van der Waals surface area contributed by atoms with Crippen LogP contribution in [0.1, 0.15) is 11.4 Å². The Morgan fingerprint density at radius 1 is 1.44 bits per heavy atom. The number of nitrogens with zero attached hydrogens (tertiary/aromatic N) is 4. The molecule has 0 atom stereocenters. The molecule has 18 heavy (non-hydrogen) atoms. The summed E-state index contributed by atoms with van der Waals surface area (Å²) in [7, 11) is 0. The Labute approximate surface area is 101 Å². The van der Waals surface area contributed by atoms with Gasteiger partial charge in [0.25, 0.3) is 0 Å². The van der Waals surface area contributed by atoms with Crippen molar-refractivity contribution in [3.8, 4) is 0 Å². The number of aromatic nitrogens is 4. The number of fused-ring (bicyclic) bond motifs is 1. The van der Waals surface area contributed by atoms with Crippen LogP contribution in [-0.4, -0.2) is 19.7 Å². The number of imidazole rings is 1. The number of nitrogen functional groups attached to an aromatic ring is 1. The first-order valence-corrected chi connectivity index (χ1v) is 5.32. The van der Waals surface area contributed by atoms with E-state index in [0.717, 1.165) is 5.52 Å². The summed E-state index contributed by atoms with van der Waals surface area (Å²) in [6.45, 7) is 2.03. The summed E-state index contributed by atoms with van der Waals surface area (Å²) in [6, 6.07) is 3.07. The molecule has 0 saturated heterocycles. The molecule has 2 heterocycles. The fraction of sp³-hybridized carbons (Fsp3) is 0.182. The van der Waals surface area contributed by atoms with Gasteiger partial charge < -0.3 is 14.8 Å². The number of aryl methyl sites for hydroxylation is 1. The number of hydrogen-bond donors (Lipinski definition) is 1. The predicted molar refractivity (Wildman–Crippen MR) is 62.2 cm³/mol. The third kappa shape index (κ3) is 1.60. The highest BCUT2D eigenvalue weighted by Crippen LogP contribution is 2.22. The second-order valence-electron chi connectivity index (χ2n) is 3.99. The molecule has 3 rings (SSSR count). The summed E-state index contributed by atoms with van der Waals surface area (Å²) < 4.78 is 19.8. The molecule has 0 aliphatic rings. The van der Waals surface area contributed by atoms with E-state index < -0.39 is 0 Å². The number of anilines is 1. The van der Waals surface area contributed by atoms with E-state index in [9.17, 15) is 4.39 Å².